The molecule has 2 aliphatic rings. The average Bonchev–Trinajstić information content (AvgIpc) is 2.82. The highest BCUT2D eigenvalue weighted by molar-refractivity contribution is 7.15. The second-order valence-electron chi connectivity index (χ2n) is 5.74. The Bertz CT molecular complexity index is 412. The first-order valence-corrected chi connectivity index (χ1v) is 7.36. The lowest BCUT2D eigenvalue weighted by molar-refractivity contribution is 0.0813. The van der Waals surface area contributed by atoms with E-state index in [9.17, 15) is 5.11 Å². The van der Waals surface area contributed by atoms with Crippen LogP contribution < -0.4 is 4.90 Å². The molecule has 0 spiro atoms. The summed E-state index contributed by atoms with van der Waals surface area (Å²) in [5.41, 5.74) is 0.428. The zero-order valence-corrected chi connectivity index (χ0v) is 11.4. The van der Waals surface area contributed by atoms with Gasteiger partial charge in [-0.05, 0) is 39.5 Å². The number of hydrogen-bond donors (Lipinski definition) is 1. The molecule has 0 aromatic carbocycles. The molecule has 1 aromatic rings. The normalized spacial score (nSPS) is 21.2. The first-order valence-electron chi connectivity index (χ1n) is 6.54. The van der Waals surface area contributed by atoms with Gasteiger partial charge in [0.2, 0.25) is 0 Å². The number of aliphatic hydroxyl groups is 1. The molecule has 3 nitrogen and oxygen atoms in total. The highest BCUT2D eigenvalue weighted by atomic mass is 32.1. The van der Waals surface area contributed by atoms with E-state index in [0.29, 0.717) is 5.92 Å². The molecule has 1 saturated heterocycles. The summed E-state index contributed by atoms with van der Waals surface area (Å²) in [6, 6.07) is 0. The van der Waals surface area contributed by atoms with E-state index in [1.165, 1.54) is 31.4 Å². The molecule has 4 heteroatoms. The van der Waals surface area contributed by atoms with Crippen molar-refractivity contribution >= 4 is 16.5 Å². The Morgan fingerprint density at radius 1 is 1.29 bits per heavy atom. The van der Waals surface area contributed by atoms with Crippen LogP contribution in [-0.2, 0) is 5.60 Å². The maximum Gasteiger partial charge on any atom is 0.185 e. The van der Waals surface area contributed by atoms with E-state index in [2.05, 4.69) is 4.90 Å². The summed E-state index contributed by atoms with van der Waals surface area (Å²) in [7, 11) is 0. The Kier molecular flexibility index (Phi) is 2.67. The summed E-state index contributed by atoms with van der Waals surface area (Å²) in [4.78, 5) is 8.26. The summed E-state index contributed by atoms with van der Waals surface area (Å²) in [5.74, 6) is 0.615. The van der Waals surface area contributed by atoms with E-state index in [4.69, 9.17) is 4.98 Å². The van der Waals surface area contributed by atoms with Gasteiger partial charge in [-0.25, -0.2) is 4.98 Å². The molecule has 0 radical (unpaired) electrons. The standard InChI is InChI=1S/C13H20N2OS/c1-13(2,16)11-10(9-5-6-9)14-12(17-11)15-7-3-4-8-15/h9,16H,3-8H2,1-2H3. The Morgan fingerprint density at radius 3 is 2.47 bits per heavy atom. The molecular weight excluding hydrogens is 232 g/mol. The second kappa shape index (κ2) is 3.95. The molecule has 17 heavy (non-hydrogen) atoms. The van der Waals surface area contributed by atoms with Gasteiger partial charge >= 0.3 is 0 Å². The third-order valence-electron chi connectivity index (χ3n) is 3.54. The van der Waals surface area contributed by atoms with Crippen LogP contribution in [0.1, 0.15) is 56.0 Å². The molecule has 2 heterocycles. The predicted octanol–water partition coefficient (Wildman–Crippen LogP) is 2.85. The number of thiazole rings is 1. The van der Waals surface area contributed by atoms with Gasteiger partial charge in [0.1, 0.15) is 0 Å². The maximum atomic E-state index is 10.3. The highest BCUT2D eigenvalue weighted by Crippen LogP contribution is 2.47. The molecule has 0 unspecified atom stereocenters. The van der Waals surface area contributed by atoms with Gasteiger partial charge < -0.3 is 10.0 Å². The molecule has 94 valence electrons. The quantitative estimate of drug-likeness (QED) is 0.898. The van der Waals surface area contributed by atoms with E-state index in [0.717, 1.165) is 23.1 Å². The molecule has 0 amide bonds. The number of nitrogens with zero attached hydrogens (tertiary/aromatic N) is 2. The van der Waals surface area contributed by atoms with Crippen molar-refractivity contribution in [3.8, 4) is 0 Å². The van der Waals surface area contributed by atoms with Crippen LogP contribution >= 0.6 is 11.3 Å². The fourth-order valence-corrected chi connectivity index (χ4v) is 3.64. The molecule has 2 fully saturated rings. The minimum atomic E-state index is -0.742. The first kappa shape index (κ1) is 11.5. The third kappa shape index (κ3) is 2.20. The van der Waals surface area contributed by atoms with Gasteiger partial charge in [0.15, 0.2) is 5.13 Å². The average molecular weight is 252 g/mol. The van der Waals surface area contributed by atoms with E-state index in [1.807, 2.05) is 13.8 Å². The van der Waals surface area contributed by atoms with Crippen LogP contribution in [0, 0.1) is 0 Å². The third-order valence-corrected chi connectivity index (χ3v) is 4.98. The summed E-state index contributed by atoms with van der Waals surface area (Å²) in [5, 5.41) is 11.4. The molecule has 0 bridgehead atoms. The molecule has 0 atom stereocenters. The Morgan fingerprint density at radius 2 is 1.94 bits per heavy atom. The maximum absolute atomic E-state index is 10.3. The molecule has 3 rings (SSSR count). The van der Waals surface area contributed by atoms with E-state index < -0.39 is 5.60 Å². The van der Waals surface area contributed by atoms with Gasteiger partial charge in [0.25, 0.3) is 0 Å². The van der Waals surface area contributed by atoms with Gasteiger partial charge in [0, 0.05) is 19.0 Å². The second-order valence-corrected chi connectivity index (χ2v) is 6.72. The molecule has 1 aliphatic carbocycles. The predicted molar refractivity (Wildman–Crippen MR) is 70.8 cm³/mol. The molecule has 1 N–H and O–H groups in total. The zero-order valence-electron chi connectivity index (χ0n) is 10.6. The van der Waals surface area contributed by atoms with Crippen LogP contribution in [0.25, 0.3) is 0 Å². The summed E-state index contributed by atoms with van der Waals surface area (Å²) < 4.78 is 0. The molecule has 1 saturated carbocycles. The van der Waals surface area contributed by atoms with Crippen molar-refractivity contribution in [1.29, 1.82) is 0 Å². The smallest absolute Gasteiger partial charge is 0.185 e. The van der Waals surface area contributed by atoms with Crippen molar-refractivity contribution in [3.63, 3.8) is 0 Å². The Balaban J connectivity index is 1.95. The SMILES string of the molecule is CC(C)(O)c1sc(N2CCCC2)nc1C1CC1. The van der Waals surface area contributed by atoms with Gasteiger partial charge in [-0.15, -0.1) is 0 Å². The lowest BCUT2D eigenvalue weighted by atomic mass is 10.0. The van der Waals surface area contributed by atoms with Crippen molar-refractivity contribution in [1.82, 2.24) is 4.98 Å². The summed E-state index contributed by atoms with van der Waals surface area (Å²) in [6.45, 7) is 6.01. The highest BCUT2D eigenvalue weighted by Gasteiger charge is 2.35. The van der Waals surface area contributed by atoms with Gasteiger partial charge in [-0.2, -0.15) is 0 Å². The fraction of sp³-hybridized carbons (Fsp3) is 0.769. The van der Waals surface area contributed by atoms with E-state index >= 15 is 0 Å². The van der Waals surface area contributed by atoms with Crippen LogP contribution in [0.5, 0.6) is 0 Å². The fourth-order valence-electron chi connectivity index (χ4n) is 2.44. The van der Waals surface area contributed by atoms with Gasteiger partial charge in [-0.1, -0.05) is 11.3 Å². The van der Waals surface area contributed by atoms with Crippen LogP contribution in [0.15, 0.2) is 0 Å². The van der Waals surface area contributed by atoms with Crippen LogP contribution in [0.3, 0.4) is 0 Å². The molecular formula is C13H20N2OS. The van der Waals surface area contributed by atoms with Crippen molar-refractivity contribution in [2.75, 3.05) is 18.0 Å². The van der Waals surface area contributed by atoms with Crippen molar-refractivity contribution in [3.05, 3.63) is 10.6 Å². The molecule has 1 aromatic heterocycles. The number of hydrogen-bond acceptors (Lipinski definition) is 4. The minimum Gasteiger partial charge on any atom is -0.385 e. The van der Waals surface area contributed by atoms with E-state index in [-0.39, 0.29) is 0 Å². The first-order chi connectivity index (χ1) is 8.05. The Labute approximate surface area is 106 Å². The van der Waals surface area contributed by atoms with Gasteiger partial charge in [0.05, 0.1) is 16.2 Å². The van der Waals surface area contributed by atoms with Gasteiger partial charge in [-0.3, -0.25) is 0 Å². The largest absolute Gasteiger partial charge is 0.385 e. The lowest BCUT2D eigenvalue weighted by Crippen LogP contribution is -2.17. The summed E-state index contributed by atoms with van der Waals surface area (Å²) in [6.07, 6.45) is 5.03. The van der Waals surface area contributed by atoms with Crippen LogP contribution in [-0.4, -0.2) is 23.2 Å². The van der Waals surface area contributed by atoms with E-state index in [1.54, 1.807) is 11.3 Å². The lowest BCUT2D eigenvalue weighted by Gasteiger charge is -2.16. The van der Waals surface area contributed by atoms with Crippen LogP contribution in [0.4, 0.5) is 5.13 Å². The van der Waals surface area contributed by atoms with Crippen molar-refractivity contribution < 1.29 is 5.11 Å². The number of anilines is 1. The van der Waals surface area contributed by atoms with Crippen molar-refractivity contribution in [2.24, 2.45) is 0 Å². The van der Waals surface area contributed by atoms with Crippen LogP contribution in [0.2, 0.25) is 0 Å². The monoisotopic (exact) mass is 252 g/mol. The Hall–Kier alpha value is -0.610. The summed E-state index contributed by atoms with van der Waals surface area (Å²) >= 11 is 1.70. The number of aromatic nitrogens is 1. The topological polar surface area (TPSA) is 36.4 Å². The molecule has 1 aliphatic heterocycles. The number of rotatable bonds is 3. The zero-order chi connectivity index (χ0) is 12.0. The van der Waals surface area contributed by atoms with Crippen molar-refractivity contribution in [2.45, 2.75) is 51.0 Å². The minimum absolute atomic E-state index is 0.615.